The minimum absolute atomic E-state index is 0.170. The van der Waals surface area contributed by atoms with Gasteiger partial charge < -0.3 is 19.7 Å². The molecule has 0 radical (unpaired) electrons. The number of amides is 2. The van der Waals surface area contributed by atoms with E-state index in [1.807, 2.05) is 0 Å². The molecule has 0 aromatic heterocycles. The Balaban J connectivity index is 2.20. The van der Waals surface area contributed by atoms with Crippen LogP contribution in [0.15, 0.2) is 0 Å². The summed E-state index contributed by atoms with van der Waals surface area (Å²) >= 11 is 0. The quantitative estimate of drug-likeness (QED) is 0.721. The van der Waals surface area contributed by atoms with Gasteiger partial charge in [-0.3, -0.25) is 9.59 Å². The van der Waals surface area contributed by atoms with Gasteiger partial charge >= 0.3 is 0 Å². The second-order valence-corrected chi connectivity index (χ2v) is 5.01. The summed E-state index contributed by atoms with van der Waals surface area (Å²) in [6.07, 6.45) is 0.750. The predicted molar refractivity (Wildman–Crippen MR) is 68.5 cm³/mol. The summed E-state index contributed by atoms with van der Waals surface area (Å²) in [4.78, 5) is 26.1. The van der Waals surface area contributed by atoms with Crippen molar-refractivity contribution in [2.45, 2.75) is 18.9 Å². The lowest BCUT2D eigenvalue weighted by molar-refractivity contribution is -0.157. The number of nitrogens with one attached hydrogen (secondary N) is 1. The number of likely N-dealkylation sites (N-methyl/N-ethyl adjacent to an activating group) is 1. The molecule has 0 aromatic carbocycles. The number of hydrogen-bond acceptors (Lipinski definition) is 5. The Bertz CT molecular complexity index is 426. The Labute approximate surface area is 117 Å². The average Bonchev–Trinajstić information content (AvgIpc) is 2.54. The van der Waals surface area contributed by atoms with Crippen molar-refractivity contribution in [3.8, 4) is 6.07 Å². The summed E-state index contributed by atoms with van der Waals surface area (Å²) in [6, 6.07) is 1.49. The molecule has 0 aliphatic carbocycles. The van der Waals surface area contributed by atoms with Crippen LogP contribution >= 0.6 is 0 Å². The summed E-state index contributed by atoms with van der Waals surface area (Å²) in [7, 11) is 1.52. The number of hydrogen-bond donors (Lipinski definition) is 1. The molecule has 2 aliphatic heterocycles. The second-order valence-electron chi connectivity index (χ2n) is 5.01. The van der Waals surface area contributed by atoms with Crippen LogP contribution in [0.2, 0.25) is 0 Å². The van der Waals surface area contributed by atoms with Crippen molar-refractivity contribution in [2.75, 3.05) is 40.0 Å². The number of morpholine rings is 1. The molecule has 2 aliphatic rings. The number of rotatable bonds is 2. The molecule has 2 heterocycles. The summed E-state index contributed by atoms with van der Waals surface area (Å²) < 4.78 is 10.5. The molecular formula is C13H19N3O4. The highest BCUT2D eigenvalue weighted by molar-refractivity contribution is 5.91. The third-order valence-electron chi connectivity index (χ3n) is 3.91. The molecule has 110 valence electrons. The van der Waals surface area contributed by atoms with Crippen LogP contribution in [0, 0.1) is 16.7 Å². The van der Waals surface area contributed by atoms with Crippen LogP contribution in [-0.4, -0.2) is 62.8 Å². The molecule has 7 nitrogen and oxygen atoms in total. The number of ether oxygens (including phenoxy) is 2. The zero-order valence-corrected chi connectivity index (χ0v) is 11.6. The molecule has 2 saturated heterocycles. The van der Waals surface area contributed by atoms with Gasteiger partial charge in [0.1, 0.15) is 11.5 Å². The Kier molecular flexibility index (Phi) is 4.57. The largest absolute Gasteiger partial charge is 0.381 e. The molecule has 1 unspecified atom stereocenters. The van der Waals surface area contributed by atoms with Crippen LogP contribution in [0.1, 0.15) is 12.8 Å². The van der Waals surface area contributed by atoms with Gasteiger partial charge in [0.05, 0.1) is 19.3 Å². The lowest BCUT2D eigenvalue weighted by Crippen LogP contribution is -2.59. The van der Waals surface area contributed by atoms with Crippen LogP contribution in [0.25, 0.3) is 0 Å². The van der Waals surface area contributed by atoms with Crippen molar-refractivity contribution in [2.24, 2.45) is 5.41 Å². The second kappa shape index (κ2) is 6.20. The Morgan fingerprint density at radius 1 is 1.30 bits per heavy atom. The Morgan fingerprint density at radius 3 is 2.60 bits per heavy atom. The van der Waals surface area contributed by atoms with Crippen molar-refractivity contribution >= 4 is 11.8 Å². The van der Waals surface area contributed by atoms with E-state index in [1.165, 1.54) is 11.9 Å². The lowest BCUT2D eigenvalue weighted by atomic mass is 9.80. The van der Waals surface area contributed by atoms with Gasteiger partial charge in [-0.2, -0.15) is 5.26 Å². The maximum Gasteiger partial charge on any atom is 0.244 e. The van der Waals surface area contributed by atoms with Crippen molar-refractivity contribution in [1.29, 1.82) is 5.26 Å². The first-order valence-corrected chi connectivity index (χ1v) is 6.74. The van der Waals surface area contributed by atoms with Gasteiger partial charge in [-0.25, -0.2) is 0 Å². The van der Waals surface area contributed by atoms with Crippen molar-refractivity contribution < 1.29 is 19.1 Å². The fourth-order valence-electron chi connectivity index (χ4n) is 2.60. The topological polar surface area (TPSA) is 91.7 Å². The molecule has 1 atom stereocenters. The van der Waals surface area contributed by atoms with E-state index in [0.29, 0.717) is 39.2 Å². The normalized spacial score (nSPS) is 25.6. The van der Waals surface area contributed by atoms with E-state index in [9.17, 15) is 14.9 Å². The van der Waals surface area contributed by atoms with Gasteiger partial charge in [0, 0.05) is 26.8 Å². The molecule has 1 N–H and O–H groups in total. The van der Waals surface area contributed by atoms with Crippen LogP contribution in [0.3, 0.4) is 0 Å². The summed E-state index contributed by atoms with van der Waals surface area (Å²) in [5.41, 5.74) is -1.07. The van der Waals surface area contributed by atoms with E-state index in [-0.39, 0.29) is 18.4 Å². The highest BCUT2D eigenvalue weighted by Crippen LogP contribution is 2.33. The van der Waals surface area contributed by atoms with E-state index < -0.39 is 11.5 Å². The number of nitriles is 1. The van der Waals surface area contributed by atoms with Gasteiger partial charge in [0.15, 0.2) is 0 Å². The highest BCUT2D eigenvalue weighted by Gasteiger charge is 2.46. The minimum atomic E-state index is -1.07. The fourth-order valence-corrected chi connectivity index (χ4v) is 2.60. The van der Waals surface area contributed by atoms with E-state index >= 15 is 0 Å². The molecule has 20 heavy (non-hydrogen) atoms. The molecule has 0 bridgehead atoms. The molecule has 2 rings (SSSR count). The number of carbonyl (C=O) groups is 2. The Hall–Kier alpha value is -1.65. The van der Waals surface area contributed by atoms with Gasteiger partial charge in [-0.05, 0) is 12.8 Å². The Morgan fingerprint density at radius 2 is 2.00 bits per heavy atom. The standard InChI is InChI=1S/C13H19N3O4/c1-15-11(17)10-8-20-7-4-16(10)12(18)13(9-14)2-5-19-6-3-13/h10H,2-8H2,1H3,(H,15,17). The van der Waals surface area contributed by atoms with E-state index in [4.69, 9.17) is 9.47 Å². The van der Waals surface area contributed by atoms with Crippen LogP contribution < -0.4 is 5.32 Å². The first kappa shape index (κ1) is 14.8. The van der Waals surface area contributed by atoms with Crippen molar-refractivity contribution in [3.63, 3.8) is 0 Å². The highest BCUT2D eigenvalue weighted by atomic mass is 16.5. The maximum atomic E-state index is 12.7. The van der Waals surface area contributed by atoms with Crippen molar-refractivity contribution in [3.05, 3.63) is 0 Å². The first-order valence-electron chi connectivity index (χ1n) is 6.74. The van der Waals surface area contributed by atoms with E-state index in [0.717, 1.165) is 0 Å². The van der Waals surface area contributed by atoms with Gasteiger partial charge in [0.25, 0.3) is 0 Å². The molecule has 0 aromatic rings. The number of carbonyl (C=O) groups excluding carboxylic acids is 2. The van der Waals surface area contributed by atoms with Crippen LogP contribution in [0.4, 0.5) is 0 Å². The van der Waals surface area contributed by atoms with Gasteiger partial charge in [0.2, 0.25) is 11.8 Å². The van der Waals surface area contributed by atoms with Gasteiger partial charge in [-0.1, -0.05) is 0 Å². The third-order valence-corrected chi connectivity index (χ3v) is 3.91. The number of nitrogens with zero attached hydrogens (tertiary/aromatic N) is 2. The fraction of sp³-hybridized carbons (Fsp3) is 0.769. The zero-order valence-electron chi connectivity index (χ0n) is 11.6. The molecular weight excluding hydrogens is 262 g/mol. The molecule has 2 fully saturated rings. The SMILES string of the molecule is CNC(=O)C1COCCN1C(=O)C1(C#N)CCOCC1. The zero-order chi connectivity index (χ0) is 14.6. The van der Waals surface area contributed by atoms with Crippen molar-refractivity contribution in [1.82, 2.24) is 10.2 Å². The summed E-state index contributed by atoms with van der Waals surface area (Å²) in [6.45, 7) is 1.68. The first-order chi connectivity index (χ1) is 9.64. The molecule has 0 saturated carbocycles. The average molecular weight is 281 g/mol. The third kappa shape index (κ3) is 2.62. The smallest absolute Gasteiger partial charge is 0.244 e. The van der Waals surface area contributed by atoms with Crippen LogP contribution in [0.5, 0.6) is 0 Å². The predicted octanol–water partition coefficient (Wildman–Crippen LogP) is -0.720. The minimum Gasteiger partial charge on any atom is -0.381 e. The molecule has 7 heteroatoms. The molecule has 2 amide bonds. The maximum absolute atomic E-state index is 12.7. The lowest BCUT2D eigenvalue weighted by Gasteiger charge is -2.40. The van der Waals surface area contributed by atoms with E-state index in [2.05, 4.69) is 11.4 Å². The van der Waals surface area contributed by atoms with Gasteiger partial charge in [-0.15, -0.1) is 0 Å². The van der Waals surface area contributed by atoms with Crippen LogP contribution in [-0.2, 0) is 19.1 Å². The summed E-state index contributed by atoms with van der Waals surface area (Å²) in [5, 5.41) is 12.0. The summed E-state index contributed by atoms with van der Waals surface area (Å²) in [5.74, 6) is -0.543. The monoisotopic (exact) mass is 281 g/mol. The van der Waals surface area contributed by atoms with E-state index in [1.54, 1.807) is 0 Å². The molecule has 0 spiro atoms.